The number of amides is 3. The van der Waals surface area contributed by atoms with E-state index in [1.54, 1.807) is 24.3 Å². The summed E-state index contributed by atoms with van der Waals surface area (Å²) in [6.07, 6.45) is -4.47. The molecule has 0 bridgehead atoms. The van der Waals surface area contributed by atoms with E-state index in [1.165, 1.54) is 31.1 Å². The van der Waals surface area contributed by atoms with Gasteiger partial charge in [-0.2, -0.15) is 13.2 Å². The first-order valence-electron chi connectivity index (χ1n) is 7.71. The van der Waals surface area contributed by atoms with E-state index in [2.05, 4.69) is 10.6 Å². The van der Waals surface area contributed by atoms with E-state index in [9.17, 15) is 22.8 Å². The molecule has 2 aromatic carbocycles. The Bertz CT molecular complexity index is 789. The van der Waals surface area contributed by atoms with Gasteiger partial charge in [-0.25, -0.2) is 4.79 Å². The molecule has 0 unspecified atom stereocenters. The van der Waals surface area contributed by atoms with E-state index in [0.717, 1.165) is 17.7 Å². The van der Waals surface area contributed by atoms with Crippen LogP contribution < -0.4 is 10.6 Å². The van der Waals surface area contributed by atoms with Crippen LogP contribution in [0.5, 0.6) is 0 Å². The smallest absolute Gasteiger partial charge is 0.355 e. The first kappa shape index (κ1) is 19.3. The summed E-state index contributed by atoms with van der Waals surface area (Å²) in [5, 5.41) is 4.94. The Hall–Kier alpha value is -3.03. The SMILES string of the molecule is CNC(=O)c1ccc(CN(C)C(=O)Nc2cccc(C(F)(F)F)c2)cc1. The monoisotopic (exact) mass is 365 g/mol. The van der Waals surface area contributed by atoms with Crippen molar-refractivity contribution in [1.82, 2.24) is 10.2 Å². The highest BCUT2D eigenvalue weighted by Gasteiger charge is 2.30. The fraction of sp³-hybridized carbons (Fsp3) is 0.222. The van der Waals surface area contributed by atoms with Crippen LogP contribution in [-0.2, 0) is 12.7 Å². The van der Waals surface area contributed by atoms with E-state index in [1.807, 2.05) is 0 Å². The molecule has 0 aromatic heterocycles. The highest BCUT2D eigenvalue weighted by atomic mass is 19.4. The molecule has 2 rings (SSSR count). The van der Waals surface area contributed by atoms with Gasteiger partial charge in [-0.05, 0) is 35.9 Å². The number of nitrogens with zero attached hydrogens (tertiary/aromatic N) is 1. The summed E-state index contributed by atoms with van der Waals surface area (Å²) in [7, 11) is 3.05. The zero-order valence-electron chi connectivity index (χ0n) is 14.2. The van der Waals surface area contributed by atoms with Crippen molar-refractivity contribution in [2.45, 2.75) is 12.7 Å². The number of nitrogens with one attached hydrogen (secondary N) is 2. The third-order valence-corrected chi connectivity index (χ3v) is 3.65. The molecule has 0 atom stereocenters. The van der Waals surface area contributed by atoms with Crippen molar-refractivity contribution in [3.8, 4) is 0 Å². The summed E-state index contributed by atoms with van der Waals surface area (Å²) in [6.45, 7) is 0.235. The molecule has 0 saturated heterocycles. The van der Waals surface area contributed by atoms with Gasteiger partial charge in [-0.3, -0.25) is 4.79 Å². The van der Waals surface area contributed by atoms with E-state index < -0.39 is 17.8 Å². The first-order valence-corrected chi connectivity index (χ1v) is 7.71. The van der Waals surface area contributed by atoms with Crippen molar-refractivity contribution in [2.24, 2.45) is 0 Å². The number of carbonyl (C=O) groups is 2. The van der Waals surface area contributed by atoms with Crippen LogP contribution in [0.15, 0.2) is 48.5 Å². The predicted molar refractivity (Wildman–Crippen MR) is 91.8 cm³/mol. The van der Waals surface area contributed by atoms with E-state index in [-0.39, 0.29) is 18.1 Å². The molecule has 5 nitrogen and oxygen atoms in total. The number of rotatable bonds is 4. The number of urea groups is 1. The van der Waals surface area contributed by atoms with Crippen molar-refractivity contribution < 1.29 is 22.8 Å². The summed E-state index contributed by atoms with van der Waals surface area (Å²) < 4.78 is 38.1. The van der Waals surface area contributed by atoms with Crippen LogP contribution in [0.25, 0.3) is 0 Å². The molecule has 138 valence electrons. The number of halogens is 3. The Morgan fingerprint density at radius 1 is 1.08 bits per heavy atom. The lowest BCUT2D eigenvalue weighted by molar-refractivity contribution is -0.137. The largest absolute Gasteiger partial charge is 0.416 e. The number of alkyl halides is 3. The normalized spacial score (nSPS) is 11.0. The van der Waals surface area contributed by atoms with Crippen molar-refractivity contribution in [1.29, 1.82) is 0 Å². The third kappa shape index (κ3) is 4.98. The van der Waals surface area contributed by atoms with Crippen LogP contribution in [0, 0.1) is 0 Å². The molecule has 0 radical (unpaired) electrons. The van der Waals surface area contributed by atoms with Gasteiger partial charge in [0, 0.05) is 31.9 Å². The minimum Gasteiger partial charge on any atom is -0.355 e. The molecule has 3 amide bonds. The summed E-state index contributed by atoms with van der Waals surface area (Å²) >= 11 is 0. The second-order valence-corrected chi connectivity index (χ2v) is 5.64. The number of hydrogen-bond donors (Lipinski definition) is 2. The lowest BCUT2D eigenvalue weighted by Crippen LogP contribution is -2.31. The van der Waals surface area contributed by atoms with E-state index in [0.29, 0.717) is 5.56 Å². The summed E-state index contributed by atoms with van der Waals surface area (Å²) in [5.41, 5.74) is 0.501. The maximum absolute atomic E-state index is 12.7. The molecule has 0 fully saturated rings. The van der Waals surface area contributed by atoms with Gasteiger partial charge in [0.25, 0.3) is 5.91 Å². The Balaban J connectivity index is 2.00. The van der Waals surface area contributed by atoms with E-state index >= 15 is 0 Å². The Morgan fingerprint density at radius 3 is 2.31 bits per heavy atom. The van der Waals surface area contributed by atoms with Crippen LogP contribution >= 0.6 is 0 Å². The van der Waals surface area contributed by atoms with Gasteiger partial charge >= 0.3 is 12.2 Å². The topological polar surface area (TPSA) is 61.4 Å². The molecule has 0 aliphatic carbocycles. The van der Waals surface area contributed by atoms with Gasteiger partial charge in [0.2, 0.25) is 0 Å². The summed E-state index contributed by atoms with van der Waals surface area (Å²) in [5.74, 6) is -0.216. The Labute approximate surface area is 148 Å². The van der Waals surface area contributed by atoms with Gasteiger partial charge in [0.1, 0.15) is 0 Å². The predicted octanol–water partition coefficient (Wildman–Crippen LogP) is 3.73. The average molecular weight is 365 g/mol. The zero-order valence-corrected chi connectivity index (χ0v) is 14.2. The fourth-order valence-electron chi connectivity index (χ4n) is 2.24. The van der Waals surface area contributed by atoms with Crippen molar-refractivity contribution in [2.75, 3.05) is 19.4 Å². The zero-order chi connectivity index (χ0) is 19.3. The molecule has 2 N–H and O–H groups in total. The van der Waals surface area contributed by atoms with Gasteiger partial charge in [-0.1, -0.05) is 18.2 Å². The minimum atomic E-state index is -4.47. The van der Waals surface area contributed by atoms with Crippen molar-refractivity contribution in [3.63, 3.8) is 0 Å². The molecular weight excluding hydrogens is 347 g/mol. The number of carbonyl (C=O) groups excluding carboxylic acids is 2. The molecule has 0 aliphatic heterocycles. The summed E-state index contributed by atoms with van der Waals surface area (Å²) in [6, 6.07) is 10.6. The molecule has 0 aliphatic rings. The van der Waals surface area contributed by atoms with Crippen LogP contribution in [0.1, 0.15) is 21.5 Å². The molecule has 0 spiro atoms. The second kappa shape index (κ2) is 7.90. The van der Waals surface area contributed by atoms with Crippen LogP contribution in [0.4, 0.5) is 23.7 Å². The van der Waals surface area contributed by atoms with Gasteiger partial charge in [0.05, 0.1) is 5.56 Å². The number of hydrogen-bond acceptors (Lipinski definition) is 2. The van der Waals surface area contributed by atoms with Gasteiger partial charge in [-0.15, -0.1) is 0 Å². The number of benzene rings is 2. The minimum absolute atomic E-state index is 0.0617. The van der Waals surface area contributed by atoms with Crippen molar-refractivity contribution >= 4 is 17.6 Å². The molecular formula is C18H18F3N3O2. The highest BCUT2D eigenvalue weighted by Crippen LogP contribution is 2.30. The first-order chi connectivity index (χ1) is 12.2. The molecule has 0 heterocycles. The Morgan fingerprint density at radius 2 is 1.73 bits per heavy atom. The summed E-state index contributed by atoms with van der Waals surface area (Å²) in [4.78, 5) is 25.0. The standard InChI is InChI=1S/C18H18F3N3O2/c1-22-16(25)13-8-6-12(7-9-13)11-24(2)17(26)23-15-5-3-4-14(10-15)18(19,20)21/h3-10H,11H2,1-2H3,(H,22,25)(H,23,26). The van der Waals surface area contributed by atoms with Crippen LogP contribution in [0.3, 0.4) is 0 Å². The maximum atomic E-state index is 12.7. The average Bonchev–Trinajstić information content (AvgIpc) is 2.61. The second-order valence-electron chi connectivity index (χ2n) is 5.64. The molecule has 8 heteroatoms. The molecule has 2 aromatic rings. The molecule has 26 heavy (non-hydrogen) atoms. The van der Waals surface area contributed by atoms with Gasteiger partial charge < -0.3 is 15.5 Å². The third-order valence-electron chi connectivity index (χ3n) is 3.65. The lowest BCUT2D eigenvalue weighted by Gasteiger charge is -2.19. The van der Waals surface area contributed by atoms with Crippen LogP contribution in [-0.4, -0.2) is 30.9 Å². The molecule has 0 saturated carbocycles. The number of anilines is 1. The highest BCUT2D eigenvalue weighted by molar-refractivity contribution is 5.94. The Kier molecular flexibility index (Phi) is 5.86. The quantitative estimate of drug-likeness (QED) is 0.867. The van der Waals surface area contributed by atoms with Crippen molar-refractivity contribution in [3.05, 3.63) is 65.2 Å². The maximum Gasteiger partial charge on any atom is 0.416 e. The van der Waals surface area contributed by atoms with Crippen LogP contribution in [0.2, 0.25) is 0 Å². The van der Waals surface area contributed by atoms with E-state index in [4.69, 9.17) is 0 Å². The van der Waals surface area contributed by atoms with Gasteiger partial charge in [0.15, 0.2) is 0 Å². The lowest BCUT2D eigenvalue weighted by atomic mass is 10.1. The fourth-order valence-corrected chi connectivity index (χ4v) is 2.24.